The van der Waals surface area contributed by atoms with E-state index in [0.29, 0.717) is 528 Å². The maximum absolute atomic E-state index is 6.30. The fourth-order valence-electron chi connectivity index (χ4n) is 9.65. The van der Waals surface area contributed by atoms with Crippen molar-refractivity contribution in [1.29, 1.82) is 0 Å². The summed E-state index contributed by atoms with van der Waals surface area (Å²) >= 11 is 0. The zero-order chi connectivity index (χ0) is 92.2. The van der Waals surface area contributed by atoms with E-state index in [1.54, 1.807) is 0 Å². The van der Waals surface area contributed by atoms with Gasteiger partial charge in [0.05, 0.1) is 534 Å². The molecule has 0 aromatic rings. The van der Waals surface area contributed by atoms with E-state index >= 15 is 0 Å². The van der Waals surface area contributed by atoms with Crippen molar-refractivity contribution >= 4 is 0 Å². The minimum atomic E-state index is -0.752. The molecule has 8 N–H and O–H groups in total. The van der Waals surface area contributed by atoms with Gasteiger partial charge in [0.1, 0.15) is 0 Å². The first-order chi connectivity index (χ1) is 64.2. The molecule has 44 heteroatoms. The molecular weight excluding hydrogens is 1720 g/mol. The zero-order valence-electron chi connectivity index (χ0n) is 78.5. The van der Waals surface area contributed by atoms with Gasteiger partial charge in [-0.15, -0.1) is 0 Å². The number of hydrogen-bond acceptors (Lipinski definition) is 44. The molecule has 0 heterocycles. The molecule has 0 rings (SSSR count). The number of ether oxygens (including phenoxy) is 40. The summed E-state index contributed by atoms with van der Waals surface area (Å²) in [6.07, 6.45) is 0. The van der Waals surface area contributed by atoms with Gasteiger partial charge in [-0.1, -0.05) is 0 Å². The molecule has 0 bridgehead atoms. The van der Waals surface area contributed by atoms with E-state index in [4.69, 9.17) is 212 Å². The van der Waals surface area contributed by atoms with Crippen LogP contribution in [0.2, 0.25) is 0 Å². The third kappa shape index (κ3) is 115. The molecule has 0 aliphatic rings. The monoisotopic (exact) mass is 1890 g/mol. The Labute approximate surface area is 769 Å². The van der Waals surface area contributed by atoms with Crippen LogP contribution in [-0.4, -0.2) is 555 Å². The molecule has 0 unspecified atom stereocenters. The lowest BCUT2D eigenvalue weighted by Gasteiger charge is -2.33. The molecule has 0 aromatic carbocycles. The van der Waals surface area contributed by atoms with Crippen LogP contribution in [0.4, 0.5) is 0 Å². The lowest BCUT2D eigenvalue weighted by Crippen LogP contribution is -2.43. The quantitative estimate of drug-likeness (QED) is 0.0502. The molecule has 0 aromatic heterocycles. The van der Waals surface area contributed by atoms with Crippen LogP contribution in [-0.2, 0) is 189 Å². The topological polar surface area (TPSA) is 473 Å². The van der Waals surface area contributed by atoms with E-state index in [1.165, 1.54) is 0 Å². The van der Waals surface area contributed by atoms with Crippen molar-refractivity contribution in [3.63, 3.8) is 0 Å². The van der Waals surface area contributed by atoms with Crippen molar-refractivity contribution in [2.75, 3.05) is 555 Å². The Hall–Kier alpha value is -1.76. The standard InChI is InChI=1S/C85H176N4O40/c86-1-5-90-9-13-94-17-21-98-25-29-102-33-37-106-41-45-110-49-53-114-57-61-118-65-69-122-73-77-126-81-85(82-127-78-74-123-70-66-119-62-58-115-54-50-111-46-42-107-38-34-103-30-26-99-22-18-95-14-10-91-6-2-87,83-128-79-75-124-71-67-120-63-59-116-55-51-112-47-43-108-39-35-104-31-27-100-23-19-96-15-11-92-7-3-88)84-129-80-76-125-72-68-121-64-60-117-56-52-113-48-44-109-40-36-105-32-28-101-24-20-97-16-12-93-8-4-89/h1-84,86-89H2. The van der Waals surface area contributed by atoms with Crippen LogP contribution in [0.1, 0.15) is 0 Å². The van der Waals surface area contributed by atoms with Gasteiger partial charge in [-0.2, -0.15) is 0 Å². The largest absolute Gasteiger partial charge is 0.378 e. The van der Waals surface area contributed by atoms with Gasteiger partial charge in [-0.25, -0.2) is 0 Å². The summed E-state index contributed by atoms with van der Waals surface area (Å²) in [5.74, 6) is 0. The SMILES string of the molecule is NCCOCCOCCOCCOCCOCCOCCOCCOCCOCCOCC(COCCOCCOCCOCCOCCOCCOCCOCCOCCOCCN)(COCCOCCOCCOCCOCCOCCOCCOCCOCCOCCN)COCCOCCOCCOCCOCCOCCOCCOCCOCCOCCN. The van der Waals surface area contributed by atoms with Gasteiger partial charge in [0.25, 0.3) is 0 Å². The van der Waals surface area contributed by atoms with Gasteiger partial charge in [0, 0.05) is 26.2 Å². The summed E-state index contributed by atoms with van der Waals surface area (Å²) < 4.78 is 226. The molecular formula is C85H176N4O40. The van der Waals surface area contributed by atoms with Crippen molar-refractivity contribution in [3.8, 4) is 0 Å². The maximum Gasteiger partial charge on any atom is 0.0701 e. The highest BCUT2D eigenvalue weighted by atomic mass is 16.6. The molecule has 0 radical (unpaired) electrons. The van der Waals surface area contributed by atoms with Gasteiger partial charge < -0.3 is 212 Å². The summed E-state index contributed by atoms with van der Waals surface area (Å²) in [4.78, 5) is 0. The minimum Gasteiger partial charge on any atom is -0.378 e. The van der Waals surface area contributed by atoms with E-state index in [9.17, 15) is 0 Å². The maximum atomic E-state index is 6.30. The molecule has 776 valence electrons. The zero-order valence-corrected chi connectivity index (χ0v) is 78.5. The Morgan fingerprint density at radius 3 is 0.194 bits per heavy atom. The van der Waals surface area contributed by atoms with E-state index in [0.717, 1.165) is 0 Å². The Balaban J connectivity index is 5.04. The lowest BCUT2D eigenvalue weighted by molar-refractivity contribution is -0.123. The average molecular weight is 1890 g/mol. The number of hydrogen-bond donors (Lipinski definition) is 4. The first-order valence-electron chi connectivity index (χ1n) is 46.1. The Bertz CT molecular complexity index is 1700. The Morgan fingerprint density at radius 2 is 0.132 bits per heavy atom. The van der Waals surface area contributed by atoms with E-state index in [-0.39, 0.29) is 26.4 Å². The van der Waals surface area contributed by atoms with Gasteiger partial charge in [0.2, 0.25) is 0 Å². The Kier molecular flexibility index (Phi) is 119. The Morgan fingerprint density at radius 1 is 0.0775 bits per heavy atom. The molecule has 0 amide bonds. The van der Waals surface area contributed by atoms with Crippen molar-refractivity contribution in [2.24, 2.45) is 28.3 Å². The fraction of sp³-hybridized carbons (Fsp3) is 1.00. The first-order valence-corrected chi connectivity index (χ1v) is 46.1. The molecule has 0 aliphatic carbocycles. The molecule has 44 nitrogen and oxygen atoms in total. The summed E-state index contributed by atoms with van der Waals surface area (Å²) in [7, 11) is 0. The van der Waals surface area contributed by atoms with Gasteiger partial charge in [-0.05, 0) is 0 Å². The lowest BCUT2D eigenvalue weighted by atomic mass is 9.92. The van der Waals surface area contributed by atoms with Gasteiger partial charge >= 0.3 is 0 Å². The van der Waals surface area contributed by atoms with Crippen molar-refractivity contribution < 1.29 is 189 Å². The predicted octanol–water partition coefficient (Wildman–Crippen LogP) is -1.53. The third-order valence-corrected chi connectivity index (χ3v) is 16.1. The number of rotatable bonds is 124. The molecule has 0 saturated heterocycles. The van der Waals surface area contributed by atoms with E-state index < -0.39 is 5.41 Å². The molecule has 0 fully saturated rings. The molecule has 0 spiro atoms. The van der Waals surface area contributed by atoms with E-state index in [2.05, 4.69) is 0 Å². The summed E-state index contributed by atoms with van der Waals surface area (Å²) in [6, 6.07) is 0. The van der Waals surface area contributed by atoms with Crippen LogP contribution in [0.5, 0.6) is 0 Å². The second-order valence-electron chi connectivity index (χ2n) is 26.9. The summed E-state index contributed by atoms with van der Waals surface area (Å²) in [5.41, 5.74) is 20.8. The van der Waals surface area contributed by atoms with Crippen LogP contribution in [0.25, 0.3) is 0 Å². The molecule has 129 heavy (non-hydrogen) atoms. The molecule has 0 saturated carbocycles. The smallest absolute Gasteiger partial charge is 0.0701 e. The van der Waals surface area contributed by atoms with Crippen LogP contribution in [0.15, 0.2) is 0 Å². The van der Waals surface area contributed by atoms with Gasteiger partial charge in [-0.3, -0.25) is 0 Å². The van der Waals surface area contributed by atoms with Crippen molar-refractivity contribution in [1.82, 2.24) is 0 Å². The molecule has 0 atom stereocenters. The highest BCUT2D eigenvalue weighted by molar-refractivity contribution is 4.80. The normalized spacial score (nSPS) is 12.0. The summed E-state index contributed by atoms with van der Waals surface area (Å²) in [5, 5.41) is 0. The number of nitrogens with two attached hydrogens (primary N) is 4. The average Bonchev–Trinajstić information content (AvgIpc) is 0.868. The second-order valence-corrected chi connectivity index (χ2v) is 26.9. The van der Waals surface area contributed by atoms with Crippen molar-refractivity contribution in [2.45, 2.75) is 0 Å². The van der Waals surface area contributed by atoms with Crippen LogP contribution in [0, 0.1) is 5.41 Å². The summed E-state index contributed by atoms with van der Waals surface area (Å²) in [6.45, 7) is 36.6. The highest BCUT2D eigenvalue weighted by Crippen LogP contribution is 2.21. The highest BCUT2D eigenvalue weighted by Gasteiger charge is 2.33. The van der Waals surface area contributed by atoms with Gasteiger partial charge in [0.15, 0.2) is 0 Å². The van der Waals surface area contributed by atoms with Crippen molar-refractivity contribution in [3.05, 3.63) is 0 Å². The predicted molar refractivity (Wildman–Crippen MR) is 471 cm³/mol. The minimum absolute atomic E-state index is 0.226. The second kappa shape index (κ2) is 120. The van der Waals surface area contributed by atoms with Crippen LogP contribution >= 0.6 is 0 Å². The third-order valence-electron chi connectivity index (χ3n) is 16.1. The first kappa shape index (κ1) is 127. The van der Waals surface area contributed by atoms with E-state index in [1.807, 2.05) is 0 Å². The molecule has 0 aliphatic heterocycles. The van der Waals surface area contributed by atoms with Crippen LogP contribution in [0.3, 0.4) is 0 Å². The van der Waals surface area contributed by atoms with Crippen LogP contribution < -0.4 is 22.9 Å². The fourth-order valence-corrected chi connectivity index (χ4v) is 9.65.